The zero-order valence-corrected chi connectivity index (χ0v) is 31.0. The van der Waals surface area contributed by atoms with Crippen LogP contribution in [-0.2, 0) is 4.79 Å². The van der Waals surface area contributed by atoms with E-state index in [1.165, 1.54) is 149 Å². The summed E-state index contributed by atoms with van der Waals surface area (Å²) in [4.78, 5) is 28.0. The van der Waals surface area contributed by atoms with Crippen LogP contribution >= 0.6 is 15.9 Å². The average molecular weight is 681 g/mol. The molecule has 0 radical (unpaired) electrons. The highest BCUT2D eigenvalue weighted by molar-refractivity contribution is 9.09. The van der Waals surface area contributed by atoms with Crippen molar-refractivity contribution >= 4 is 21.7 Å². The molecule has 256 valence electrons. The molecule has 0 N–H and O–H groups in total. The summed E-state index contributed by atoms with van der Waals surface area (Å²) in [6.45, 7) is 9.52. The normalized spacial score (nSPS) is 24.5. The Morgan fingerprint density at radius 2 is 0.909 bits per heavy atom. The largest absolute Gasteiger partial charge is 0.306 e. The van der Waals surface area contributed by atoms with E-state index in [1.807, 2.05) is 0 Å². The first-order chi connectivity index (χ1) is 21.4. The second-order valence-electron chi connectivity index (χ2n) is 15.6. The molecule has 1 atom stereocenters. The van der Waals surface area contributed by atoms with Gasteiger partial charge in [0.25, 0.3) is 0 Å². The van der Waals surface area contributed by atoms with Crippen molar-refractivity contribution in [1.82, 2.24) is 24.5 Å². The molecular weight excluding hydrogens is 610 g/mol. The molecule has 0 aromatic rings. The number of hydrogen-bond donors (Lipinski definition) is 0. The fourth-order valence-electron chi connectivity index (χ4n) is 9.25. The predicted molar refractivity (Wildman–Crippen MR) is 191 cm³/mol. The highest BCUT2D eigenvalue weighted by atomic mass is 79.9. The number of carbonyl (C=O) groups excluding carboxylic acids is 1. The first-order valence-corrected chi connectivity index (χ1v) is 20.1. The third-order valence-electron chi connectivity index (χ3n) is 12.2. The maximum atomic E-state index is 15.0. The number of ketones is 1. The van der Waals surface area contributed by atoms with Crippen molar-refractivity contribution in [2.45, 2.75) is 127 Å². The van der Waals surface area contributed by atoms with E-state index in [4.69, 9.17) is 0 Å². The van der Waals surface area contributed by atoms with Gasteiger partial charge in [-0.1, -0.05) is 54.5 Å². The second kappa shape index (κ2) is 19.7. The van der Waals surface area contributed by atoms with Crippen LogP contribution in [-0.4, -0.2) is 134 Å². The van der Waals surface area contributed by atoms with Crippen molar-refractivity contribution in [2.75, 3.05) is 85.9 Å². The Kier molecular flexibility index (Phi) is 16.5. The number of piperidine rings is 4. The minimum absolute atomic E-state index is 0.128. The molecule has 4 heterocycles. The zero-order valence-electron chi connectivity index (χ0n) is 29.4. The van der Waals surface area contributed by atoms with Crippen LogP contribution in [0.1, 0.15) is 109 Å². The molecule has 6 nitrogen and oxygen atoms in total. The molecule has 0 amide bonds. The predicted octanol–water partition coefficient (Wildman–Crippen LogP) is 6.62. The summed E-state index contributed by atoms with van der Waals surface area (Å²) in [5.74, 6) is 2.53. The summed E-state index contributed by atoms with van der Waals surface area (Å²) in [5, 5.41) is 1.14. The average Bonchev–Trinajstić information content (AvgIpc) is 3.03. The first-order valence-electron chi connectivity index (χ1n) is 19.0. The van der Waals surface area contributed by atoms with Crippen molar-refractivity contribution in [3.05, 3.63) is 0 Å². The zero-order chi connectivity index (χ0) is 31.3. The molecule has 1 unspecified atom stereocenters. The summed E-state index contributed by atoms with van der Waals surface area (Å²) in [6.07, 6.45) is 21.2. The third kappa shape index (κ3) is 11.3. The van der Waals surface area contributed by atoms with Gasteiger partial charge in [0.2, 0.25) is 0 Å². The van der Waals surface area contributed by atoms with Gasteiger partial charge in [0, 0.05) is 23.8 Å². The molecule has 0 aromatic carbocycles. The summed E-state index contributed by atoms with van der Waals surface area (Å²) >= 11 is 3.57. The first kappa shape index (κ1) is 36.8. The minimum atomic E-state index is 0.128. The van der Waals surface area contributed by atoms with Gasteiger partial charge in [0.05, 0.1) is 6.04 Å². The van der Waals surface area contributed by atoms with E-state index >= 15 is 0 Å². The molecule has 0 bridgehead atoms. The van der Waals surface area contributed by atoms with Crippen LogP contribution < -0.4 is 0 Å². The molecule has 4 aliphatic rings. The number of likely N-dealkylation sites (tertiary alicyclic amines) is 4. The monoisotopic (exact) mass is 679 g/mol. The van der Waals surface area contributed by atoms with Crippen LogP contribution in [0.5, 0.6) is 0 Å². The fraction of sp³-hybridized carbons (Fsp3) is 0.973. The van der Waals surface area contributed by atoms with Crippen molar-refractivity contribution in [3.8, 4) is 0 Å². The van der Waals surface area contributed by atoms with Gasteiger partial charge in [0.1, 0.15) is 5.78 Å². The van der Waals surface area contributed by atoms with E-state index in [1.54, 1.807) is 0 Å². The highest BCUT2D eigenvalue weighted by Gasteiger charge is 2.47. The van der Waals surface area contributed by atoms with E-state index in [2.05, 4.69) is 68.6 Å². The maximum Gasteiger partial charge on any atom is 0.150 e. The molecule has 44 heavy (non-hydrogen) atoms. The van der Waals surface area contributed by atoms with Gasteiger partial charge in [0.15, 0.2) is 0 Å². The highest BCUT2D eigenvalue weighted by Crippen LogP contribution is 2.42. The molecule has 7 heteroatoms. The Morgan fingerprint density at radius 3 is 1.30 bits per heavy atom. The lowest BCUT2D eigenvalue weighted by atomic mass is 9.67. The van der Waals surface area contributed by atoms with E-state index in [9.17, 15) is 4.79 Å². The van der Waals surface area contributed by atoms with Gasteiger partial charge in [-0.2, -0.15) is 0 Å². The van der Waals surface area contributed by atoms with E-state index in [-0.39, 0.29) is 6.04 Å². The molecule has 4 rings (SSSR count). The molecular formula is C37H70BrN5O. The van der Waals surface area contributed by atoms with Gasteiger partial charge < -0.3 is 19.6 Å². The Hall–Kier alpha value is -0.0500. The van der Waals surface area contributed by atoms with Crippen LogP contribution in [0.25, 0.3) is 0 Å². The van der Waals surface area contributed by atoms with Crippen LogP contribution in [0.2, 0.25) is 0 Å². The van der Waals surface area contributed by atoms with Crippen LogP contribution in [0.4, 0.5) is 0 Å². The molecule has 0 aliphatic carbocycles. The molecule has 0 spiro atoms. The number of rotatable bonds is 17. The number of nitrogens with zero attached hydrogens (tertiary/aromatic N) is 5. The van der Waals surface area contributed by atoms with Crippen molar-refractivity contribution in [3.63, 3.8) is 0 Å². The lowest BCUT2D eigenvalue weighted by Crippen LogP contribution is -2.62. The van der Waals surface area contributed by atoms with Crippen LogP contribution in [0.15, 0.2) is 0 Å². The summed E-state index contributed by atoms with van der Waals surface area (Å²) in [5.41, 5.74) is 0. The molecule has 4 fully saturated rings. The van der Waals surface area contributed by atoms with Gasteiger partial charge in [-0.15, -0.1) is 0 Å². The van der Waals surface area contributed by atoms with Gasteiger partial charge in [-0.3, -0.25) is 9.69 Å². The van der Waals surface area contributed by atoms with Crippen molar-refractivity contribution in [1.29, 1.82) is 0 Å². The van der Waals surface area contributed by atoms with E-state index in [0.717, 1.165) is 18.2 Å². The Morgan fingerprint density at radius 1 is 0.568 bits per heavy atom. The van der Waals surface area contributed by atoms with Crippen LogP contribution in [0.3, 0.4) is 0 Å². The number of alkyl halides is 1. The summed E-state index contributed by atoms with van der Waals surface area (Å²) in [7, 11) is 9.18. The third-order valence-corrected chi connectivity index (χ3v) is 12.7. The molecule has 0 saturated carbocycles. The molecule has 4 saturated heterocycles. The standard InChI is InChI=1S/C37H70BrN5O/c1-39-23-14-31(15-24-39)36(32-16-25-40(2)26-17-32)37(35(44)13-11-9-7-5-6-8-10-12-22-38)43(33-18-27-41(3)28-19-33)34-20-29-42(4)30-21-34/h31-34,36-37H,5-30H2,1-4H3. The van der Waals surface area contributed by atoms with Crippen LogP contribution in [0, 0.1) is 17.8 Å². The number of carbonyl (C=O) groups is 1. The minimum Gasteiger partial charge on any atom is -0.306 e. The quantitative estimate of drug-likeness (QED) is 0.127. The Bertz CT molecular complexity index is 691. The molecule has 4 aliphatic heterocycles. The summed E-state index contributed by atoms with van der Waals surface area (Å²) in [6, 6.07) is 1.25. The second-order valence-corrected chi connectivity index (χ2v) is 16.3. The van der Waals surface area contributed by atoms with E-state index < -0.39 is 0 Å². The topological polar surface area (TPSA) is 33.3 Å². The molecule has 0 aromatic heterocycles. The lowest BCUT2D eigenvalue weighted by molar-refractivity contribution is -0.135. The SMILES string of the molecule is CN1CCC(C(C2CCN(C)CC2)C(C(=O)CCCCCCCCCCBr)N(C2CCN(C)CC2)C2CCN(C)CC2)CC1. The lowest BCUT2D eigenvalue weighted by Gasteiger charge is -2.53. The van der Waals surface area contributed by atoms with Gasteiger partial charge in [-0.05, 0) is 163 Å². The Labute approximate surface area is 281 Å². The Balaban J connectivity index is 1.57. The smallest absolute Gasteiger partial charge is 0.150 e. The maximum absolute atomic E-state index is 15.0. The van der Waals surface area contributed by atoms with Crippen molar-refractivity contribution in [2.24, 2.45) is 17.8 Å². The number of unbranched alkanes of at least 4 members (excludes halogenated alkanes) is 7. The van der Waals surface area contributed by atoms with Gasteiger partial charge >= 0.3 is 0 Å². The summed E-state index contributed by atoms with van der Waals surface area (Å²) < 4.78 is 0. The number of halogens is 1. The number of Topliss-reactive ketones (excluding diaryl/α,β-unsaturated/α-hetero) is 1. The number of hydrogen-bond acceptors (Lipinski definition) is 6. The van der Waals surface area contributed by atoms with Crippen molar-refractivity contribution < 1.29 is 4.79 Å². The van der Waals surface area contributed by atoms with E-state index in [0.29, 0.717) is 35.6 Å². The fourth-order valence-corrected chi connectivity index (χ4v) is 9.64. The van der Waals surface area contributed by atoms with Gasteiger partial charge in [-0.25, -0.2) is 0 Å².